The highest BCUT2D eigenvalue weighted by Crippen LogP contribution is 2.28. The molecule has 1 aromatic rings. The van der Waals surface area contributed by atoms with E-state index in [4.69, 9.17) is 0 Å². The van der Waals surface area contributed by atoms with Crippen molar-refractivity contribution in [3.63, 3.8) is 0 Å². The van der Waals surface area contributed by atoms with Crippen molar-refractivity contribution in [1.82, 2.24) is 4.31 Å². The van der Waals surface area contributed by atoms with Gasteiger partial charge in [0.25, 0.3) is 0 Å². The fourth-order valence-electron chi connectivity index (χ4n) is 2.38. The van der Waals surface area contributed by atoms with Crippen molar-refractivity contribution < 1.29 is 12.8 Å². The van der Waals surface area contributed by atoms with Gasteiger partial charge in [0.1, 0.15) is 5.82 Å². The lowest BCUT2D eigenvalue weighted by Gasteiger charge is -2.36. The van der Waals surface area contributed by atoms with Crippen LogP contribution in [0.3, 0.4) is 0 Å². The van der Waals surface area contributed by atoms with Crippen LogP contribution in [-0.4, -0.2) is 25.3 Å². The van der Waals surface area contributed by atoms with Crippen LogP contribution in [0.1, 0.15) is 26.7 Å². The molecule has 5 heteroatoms. The summed E-state index contributed by atoms with van der Waals surface area (Å²) in [6, 6.07) is 5.03. The maximum Gasteiger partial charge on any atom is 0.243 e. The smallest absolute Gasteiger partial charge is 0.207 e. The summed E-state index contributed by atoms with van der Waals surface area (Å²) < 4.78 is 39.3. The number of halogens is 1. The Balaban J connectivity index is 2.33. The first-order chi connectivity index (χ1) is 8.43. The third-order valence-corrected chi connectivity index (χ3v) is 5.74. The number of piperidine rings is 1. The van der Waals surface area contributed by atoms with Crippen LogP contribution >= 0.6 is 0 Å². The molecule has 100 valence electrons. The van der Waals surface area contributed by atoms with Crippen LogP contribution in [0.4, 0.5) is 4.39 Å². The Morgan fingerprint density at radius 1 is 1.22 bits per heavy atom. The highest BCUT2D eigenvalue weighted by Gasteiger charge is 2.34. The van der Waals surface area contributed by atoms with E-state index in [1.165, 1.54) is 28.6 Å². The maximum absolute atomic E-state index is 12.8. The van der Waals surface area contributed by atoms with Gasteiger partial charge in [0.05, 0.1) is 4.90 Å². The number of sulfonamides is 1. The van der Waals surface area contributed by atoms with Gasteiger partial charge in [-0.05, 0) is 49.9 Å². The zero-order valence-corrected chi connectivity index (χ0v) is 11.5. The molecule has 18 heavy (non-hydrogen) atoms. The zero-order valence-electron chi connectivity index (χ0n) is 10.6. The SMILES string of the molecule is CC1CCCN(S(=O)(=O)c2ccc(F)cc2)C1C. The molecule has 1 aliphatic rings. The second kappa shape index (κ2) is 4.97. The van der Waals surface area contributed by atoms with Gasteiger partial charge in [0, 0.05) is 12.6 Å². The van der Waals surface area contributed by atoms with E-state index in [1.807, 2.05) is 6.92 Å². The average molecular weight is 271 g/mol. The molecule has 0 amide bonds. The predicted octanol–water partition coefficient (Wildman–Crippen LogP) is 2.63. The summed E-state index contributed by atoms with van der Waals surface area (Å²) in [7, 11) is -3.49. The summed E-state index contributed by atoms with van der Waals surface area (Å²) >= 11 is 0. The van der Waals surface area contributed by atoms with E-state index in [9.17, 15) is 12.8 Å². The second-order valence-electron chi connectivity index (χ2n) is 4.93. The van der Waals surface area contributed by atoms with Crippen molar-refractivity contribution in [3.8, 4) is 0 Å². The molecule has 0 aromatic heterocycles. The van der Waals surface area contributed by atoms with Crippen molar-refractivity contribution >= 4 is 10.0 Å². The molecule has 2 unspecified atom stereocenters. The normalized spacial score (nSPS) is 26.2. The molecule has 1 aromatic carbocycles. The fourth-order valence-corrected chi connectivity index (χ4v) is 4.14. The molecule has 0 bridgehead atoms. The van der Waals surface area contributed by atoms with E-state index in [0.717, 1.165) is 12.8 Å². The third-order valence-electron chi connectivity index (χ3n) is 3.74. The third kappa shape index (κ3) is 2.42. The summed E-state index contributed by atoms with van der Waals surface area (Å²) in [5.74, 6) is -0.0667. The Bertz CT molecular complexity index is 512. The van der Waals surface area contributed by atoms with Crippen molar-refractivity contribution in [3.05, 3.63) is 30.1 Å². The van der Waals surface area contributed by atoms with E-state index >= 15 is 0 Å². The van der Waals surface area contributed by atoms with E-state index in [2.05, 4.69) is 6.92 Å². The van der Waals surface area contributed by atoms with Gasteiger partial charge in [-0.15, -0.1) is 0 Å². The molecule has 1 heterocycles. The Morgan fingerprint density at radius 2 is 1.83 bits per heavy atom. The monoisotopic (exact) mass is 271 g/mol. The Kier molecular flexibility index (Phi) is 3.73. The van der Waals surface area contributed by atoms with Crippen LogP contribution in [0.15, 0.2) is 29.2 Å². The molecule has 1 aliphatic heterocycles. The molecule has 1 fully saturated rings. The summed E-state index contributed by atoms with van der Waals surface area (Å²) in [5.41, 5.74) is 0. The molecule has 2 rings (SSSR count). The first kappa shape index (κ1) is 13.5. The van der Waals surface area contributed by atoms with Crippen molar-refractivity contribution in [2.45, 2.75) is 37.6 Å². The predicted molar refractivity (Wildman–Crippen MR) is 68.2 cm³/mol. The summed E-state index contributed by atoms with van der Waals surface area (Å²) in [4.78, 5) is 0.171. The molecule has 0 spiro atoms. The quantitative estimate of drug-likeness (QED) is 0.829. The summed E-state index contributed by atoms with van der Waals surface area (Å²) in [5, 5.41) is 0. The van der Waals surface area contributed by atoms with Crippen LogP contribution in [0.5, 0.6) is 0 Å². The zero-order chi connectivity index (χ0) is 13.3. The van der Waals surface area contributed by atoms with E-state index in [0.29, 0.717) is 12.5 Å². The van der Waals surface area contributed by atoms with E-state index < -0.39 is 15.8 Å². The minimum absolute atomic E-state index is 0.00574. The standard InChI is InChI=1S/C13H18FNO2S/c1-10-4-3-9-15(11(10)2)18(16,17)13-7-5-12(14)6-8-13/h5-8,10-11H,3-4,9H2,1-2H3. The van der Waals surface area contributed by atoms with Gasteiger partial charge < -0.3 is 0 Å². The van der Waals surface area contributed by atoms with E-state index in [-0.39, 0.29) is 10.9 Å². The highest BCUT2D eigenvalue weighted by molar-refractivity contribution is 7.89. The lowest BCUT2D eigenvalue weighted by Crippen LogP contribution is -2.45. The Morgan fingerprint density at radius 3 is 2.44 bits per heavy atom. The molecule has 0 aliphatic carbocycles. The van der Waals surface area contributed by atoms with Gasteiger partial charge >= 0.3 is 0 Å². The van der Waals surface area contributed by atoms with Gasteiger partial charge in [-0.3, -0.25) is 0 Å². The minimum atomic E-state index is -3.49. The fraction of sp³-hybridized carbons (Fsp3) is 0.538. The molecule has 3 nitrogen and oxygen atoms in total. The first-order valence-electron chi connectivity index (χ1n) is 6.20. The first-order valence-corrected chi connectivity index (χ1v) is 7.64. The maximum atomic E-state index is 12.8. The van der Waals surface area contributed by atoms with Gasteiger partial charge in [-0.2, -0.15) is 4.31 Å². The largest absolute Gasteiger partial charge is 0.243 e. The van der Waals surface area contributed by atoms with Crippen LogP contribution in [0, 0.1) is 11.7 Å². The number of benzene rings is 1. The van der Waals surface area contributed by atoms with E-state index in [1.54, 1.807) is 0 Å². The van der Waals surface area contributed by atoms with Crippen LogP contribution < -0.4 is 0 Å². The highest BCUT2D eigenvalue weighted by atomic mass is 32.2. The number of nitrogens with zero attached hydrogens (tertiary/aromatic N) is 1. The lowest BCUT2D eigenvalue weighted by atomic mass is 9.94. The second-order valence-corrected chi connectivity index (χ2v) is 6.82. The molecule has 1 saturated heterocycles. The Labute approximate surface area is 108 Å². The number of hydrogen-bond donors (Lipinski definition) is 0. The molecule has 0 saturated carbocycles. The molecular formula is C13H18FNO2S. The van der Waals surface area contributed by atoms with Gasteiger partial charge in [-0.25, -0.2) is 12.8 Å². The topological polar surface area (TPSA) is 37.4 Å². The molecular weight excluding hydrogens is 253 g/mol. The Hall–Kier alpha value is -0.940. The summed E-state index contributed by atoms with van der Waals surface area (Å²) in [6.07, 6.45) is 1.93. The average Bonchev–Trinajstić information content (AvgIpc) is 2.33. The van der Waals surface area contributed by atoms with Gasteiger partial charge in [0.2, 0.25) is 10.0 Å². The molecule has 0 radical (unpaired) electrons. The van der Waals surface area contributed by atoms with Crippen LogP contribution in [0.25, 0.3) is 0 Å². The van der Waals surface area contributed by atoms with Crippen molar-refractivity contribution in [1.29, 1.82) is 0 Å². The summed E-state index contributed by atoms with van der Waals surface area (Å²) in [6.45, 7) is 4.55. The van der Waals surface area contributed by atoms with Crippen LogP contribution in [0.2, 0.25) is 0 Å². The molecule has 2 atom stereocenters. The lowest BCUT2D eigenvalue weighted by molar-refractivity contribution is 0.202. The van der Waals surface area contributed by atoms with Crippen molar-refractivity contribution in [2.24, 2.45) is 5.92 Å². The number of rotatable bonds is 2. The van der Waals surface area contributed by atoms with Crippen molar-refractivity contribution in [2.75, 3.05) is 6.54 Å². The minimum Gasteiger partial charge on any atom is -0.207 e. The van der Waals surface area contributed by atoms with Gasteiger partial charge in [-0.1, -0.05) is 6.92 Å². The van der Waals surface area contributed by atoms with Crippen LogP contribution in [-0.2, 0) is 10.0 Å². The number of hydrogen-bond acceptors (Lipinski definition) is 2. The molecule has 0 N–H and O–H groups in total. The van der Waals surface area contributed by atoms with Gasteiger partial charge in [0.15, 0.2) is 0 Å².